The van der Waals surface area contributed by atoms with Crippen LogP contribution in [0, 0.1) is 0 Å². The molecule has 0 bridgehead atoms. The minimum absolute atomic E-state index is 0.244. The minimum atomic E-state index is -5.76. The number of thiol groups is 1. The maximum atomic E-state index is 12.0. The minimum Gasteiger partial charge on any atom is -0.386 e. The molecule has 6 N–H and O–H groups in total. The van der Waals surface area contributed by atoms with Crippen molar-refractivity contribution in [3.63, 3.8) is 0 Å². The van der Waals surface area contributed by atoms with Gasteiger partial charge in [-0.25, -0.2) is 18.5 Å². The highest BCUT2D eigenvalue weighted by Crippen LogP contribution is 2.67. The Morgan fingerprint density at radius 3 is 2.28 bits per heavy atom. The van der Waals surface area contributed by atoms with Gasteiger partial charge in [0.25, 0.3) is 5.56 Å². The summed E-state index contributed by atoms with van der Waals surface area (Å²) in [6, 6.07) is 0.933. The van der Waals surface area contributed by atoms with Crippen LogP contribution in [-0.4, -0.2) is 58.3 Å². The summed E-state index contributed by atoms with van der Waals surface area (Å²) in [6.45, 7) is 0. The molecule has 1 fully saturated rings. The number of aliphatic hydroxyl groups excluding tert-OH is 1. The van der Waals surface area contributed by atoms with E-state index in [4.69, 9.17) is 19.4 Å². The molecular formula is C9H15N2O14P3S. The van der Waals surface area contributed by atoms with Crippen molar-refractivity contribution >= 4 is 36.1 Å². The van der Waals surface area contributed by atoms with Gasteiger partial charge in [0.1, 0.15) is 12.2 Å². The second kappa shape index (κ2) is 8.85. The van der Waals surface area contributed by atoms with Crippen LogP contribution in [0.3, 0.4) is 0 Å². The zero-order valence-electron chi connectivity index (χ0n) is 13.8. The van der Waals surface area contributed by atoms with Crippen LogP contribution >= 0.6 is 36.1 Å². The Balaban J connectivity index is 2.23. The molecule has 0 amide bonds. The first-order chi connectivity index (χ1) is 13.1. The van der Waals surface area contributed by atoms with Crippen molar-refractivity contribution in [2.24, 2.45) is 0 Å². The molecule has 6 atom stereocenters. The molecule has 29 heavy (non-hydrogen) atoms. The number of rotatable bonds is 8. The molecular weight excluding hydrogens is 485 g/mol. The molecule has 1 saturated heterocycles. The largest absolute Gasteiger partial charge is 0.490 e. The molecule has 2 rings (SSSR count). The van der Waals surface area contributed by atoms with E-state index < -0.39 is 59.3 Å². The summed E-state index contributed by atoms with van der Waals surface area (Å²) >= 11 is 3.90. The van der Waals surface area contributed by atoms with Gasteiger partial charge in [0.05, 0.1) is 6.10 Å². The number of phosphoric acid groups is 3. The summed E-state index contributed by atoms with van der Waals surface area (Å²) < 4.78 is 51.8. The van der Waals surface area contributed by atoms with Crippen molar-refractivity contribution in [2.75, 3.05) is 5.75 Å². The number of nitrogens with one attached hydrogen (secondary N) is 1. The Kier molecular flexibility index (Phi) is 7.51. The van der Waals surface area contributed by atoms with Crippen LogP contribution in [0.25, 0.3) is 0 Å². The van der Waals surface area contributed by atoms with Crippen LogP contribution < -0.4 is 11.2 Å². The molecule has 0 aromatic carbocycles. The van der Waals surface area contributed by atoms with Gasteiger partial charge in [-0.3, -0.25) is 18.9 Å². The molecule has 2 unspecified atom stereocenters. The summed E-state index contributed by atoms with van der Waals surface area (Å²) in [4.78, 5) is 60.7. The topological polar surface area (TPSA) is 244 Å². The van der Waals surface area contributed by atoms with E-state index in [2.05, 4.69) is 25.8 Å². The third kappa shape index (κ3) is 6.67. The Hall–Kier alpha value is -0.640. The van der Waals surface area contributed by atoms with Crippen molar-refractivity contribution < 1.29 is 56.3 Å². The van der Waals surface area contributed by atoms with E-state index in [1.54, 1.807) is 0 Å². The van der Waals surface area contributed by atoms with Gasteiger partial charge in [0, 0.05) is 18.0 Å². The number of ether oxygens (including phenoxy) is 1. The third-order valence-corrected chi connectivity index (χ3v) is 7.48. The lowest BCUT2D eigenvalue weighted by molar-refractivity contribution is -0.0339. The monoisotopic (exact) mass is 500 g/mol. The first-order valence-corrected chi connectivity index (χ1v) is 12.4. The molecule has 1 aromatic rings. The highest BCUT2D eigenvalue weighted by Gasteiger charge is 2.50. The Morgan fingerprint density at radius 2 is 1.76 bits per heavy atom. The quantitative estimate of drug-likeness (QED) is 0.158. The van der Waals surface area contributed by atoms with Gasteiger partial charge in [-0.15, -0.1) is 0 Å². The average Bonchev–Trinajstić information content (AvgIpc) is 2.79. The molecule has 1 aromatic heterocycles. The smallest absolute Gasteiger partial charge is 0.386 e. The number of aromatic amines is 1. The van der Waals surface area contributed by atoms with Crippen LogP contribution in [0.2, 0.25) is 0 Å². The number of nitrogens with zero attached hydrogens (tertiary/aromatic N) is 1. The first kappa shape index (κ1) is 24.6. The van der Waals surface area contributed by atoms with E-state index >= 15 is 0 Å². The molecule has 16 nitrogen and oxygen atoms in total. The van der Waals surface area contributed by atoms with Crippen molar-refractivity contribution in [2.45, 2.75) is 24.5 Å². The van der Waals surface area contributed by atoms with Crippen LogP contribution in [-0.2, 0) is 31.6 Å². The molecule has 0 spiro atoms. The number of hydrogen-bond donors (Lipinski definition) is 7. The van der Waals surface area contributed by atoms with Crippen LogP contribution in [0.15, 0.2) is 21.9 Å². The van der Waals surface area contributed by atoms with Gasteiger partial charge in [0.15, 0.2) is 6.23 Å². The Bertz CT molecular complexity index is 1000. The van der Waals surface area contributed by atoms with Gasteiger partial charge in [0.2, 0.25) is 0 Å². The third-order valence-electron chi connectivity index (χ3n) is 3.29. The molecule has 0 aliphatic carbocycles. The predicted octanol–water partition coefficient (Wildman–Crippen LogP) is -1.56. The predicted molar refractivity (Wildman–Crippen MR) is 93.8 cm³/mol. The second-order valence-corrected chi connectivity index (χ2v) is 10.2. The van der Waals surface area contributed by atoms with E-state index in [0.717, 1.165) is 16.8 Å². The number of hydrogen-bond acceptors (Lipinski definition) is 11. The van der Waals surface area contributed by atoms with Crippen molar-refractivity contribution in [3.8, 4) is 0 Å². The fraction of sp³-hybridized carbons (Fsp3) is 0.556. The van der Waals surface area contributed by atoms with E-state index in [0.29, 0.717) is 0 Å². The lowest BCUT2D eigenvalue weighted by Gasteiger charge is -2.23. The van der Waals surface area contributed by atoms with Gasteiger partial charge < -0.3 is 29.4 Å². The van der Waals surface area contributed by atoms with E-state index in [1.165, 1.54) is 0 Å². The van der Waals surface area contributed by atoms with Crippen molar-refractivity contribution in [1.29, 1.82) is 0 Å². The Labute approximate surface area is 165 Å². The summed E-state index contributed by atoms with van der Waals surface area (Å²) in [7, 11) is -16.9. The number of phosphoric ester groups is 1. The summed E-state index contributed by atoms with van der Waals surface area (Å²) in [5, 5.41) is 10.3. The fourth-order valence-electron chi connectivity index (χ4n) is 2.31. The number of aromatic nitrogens is 2. The maximum Gasteiger partial charge on any atom is 0.490 e. The maximum absolute atomic E-state index is 12.0. The van der Waals surface area contributed by atoms with Gasteiger partial charge in [-0.1, -0.05) is 0 Å². The zero-order chi connectivity index (χ0) is 22.2. The number of H-pyrrole nitrogens is 1. The van der Waals surface area contributed by atoms with E-state index in [9.17, 15) is 33.3 Å². The highest BCUT2D eigenvalue weighted by atomic mass is 32.1. The molecule has 166 valence electrons. The van der Waals surface area contributed by atoms with Gasteiger partial charge >= 0.3 is 29.2 Å². The normalized spacial score (nSPS) is 29.3. The van der Waals surface area contributed by atoms with Gasteiger partial charge in [-0.05, 0) is 0 Å². The lowest BCUT2D eigenvalue weighted by Crippen LogP contribution is -2.38. The molecule has 1 aliphatic heterocycles. The highest BCUT2D eigenvalue weighted by molar-refractivity contribution is 7.80. The lowest BCUT2D eigenvalue weighted by atomic mass is 10.1. The van der Waals surface area contributed by atoms with E-state index in [1.807, 2.05) is 4.98 Å². The van der Waals surface area contributed by atoms with Crippen LogP contribution in [0.1, 0.15) is 6.23 Å². The molecule has 0 saturated carbocycles. The Morgan fingerprint density at radius 1 is 1.14 bits per heavy atom. The first-order valence-electron chi connectivity index (χ1n) is 7.22. The summed E-state index contributed by atoms with van der Waals surface area (Å²) in [6.07, 6.45) is -5.42. The average molecular weight is 500 g/mol. The van der Waals surface area contributed by atoms with Gasteiger partial charge in [-0.2, -0.15) is 21.3 Å². The standard InChI is InChI=1S/C9H15N2O14P3S/c12-5-1-2-11(9(14)10-5)8-6(13)7(4(3-29)22-8)23-27(18,19)25-28(20,21)24-26(15,16)17/h1-2,4,6-8,13,29H,3H2,(H,18,19)(H,20,21)(H,10,12,14)(H2,15,16,17)/t4-,6-,7-,8-/m1/s1. The molecule has 0 radical (unpaired) electrons. The summed E-state index contributed by atoms with van der Waals surface area (Å²) in [5.41, 5.74) is -1.73. The molecule has 1 aliphatic rings. The van der Waals surface area contributed by atoms with Crippen LogP contribution in [0.5, 0.6) is 0 Å². The SMILES string of the molecule is O=c1ccn([C@@H]2O[C@H](CS)[C@@H](OP(=O)(O)OP(=O)(O)OP(=O)(O)O)[C@H]2O)c(=O)[nH]1. The zero-order valence-corrected chi connectivity index (χ0v) is 17.4. The van der Waals surface area contributed by atoms with Crippen molar-refractivity contribution in [3.05, 3.63) is 33.1 Å². The van der Waals surface area contributed by atoms with Crippen molar-refractivity contribution in [1.82, 2.24) is 9.55 Å². The van der Waals surface area contributed by atoms with Crippen LogP contribution in [0.4, 0.5) is 0 Å². The summed E-state index contributed by atoms with van der Waals surface area (Å²) in [5.74, 6) is -0.244. The number of aliphatic hydroxyl groups is 1. The fourth-order valence-corrected chi connectivity index (χ4v) is 5.83. The molecule has 20 heteroatoms. The molecule has 2 heterocycles. The van der Waals surface area contributed by atoms with E-state index in [-0.39, 0.29) is 5.75 Å². The second-order valence-electron chi connectivity index (χ2n) is 5.42.